The second-order valence-electron chi connectivity index (χ2n) is 8.11. The van der Waals surface area contributed by atoms with Crippen LogP contribution in [0.5, 0.6) is 0 Å². The molecule has 2 aliphatic heterocycles. The zero-order valence-corrected chi connectivity index (χ0v) is 18.2. The molecule has 5 nitrogen and oxygen atoms in total. The van der Waals surface area contributed by atoms with Crippen molar-refractivity contribution in [3.8, 4) is 0 Å². The van der Waals surface area contributed by atoms with Gasteiger partial charge in [0.25, 0.3) is 5.91 Å². The molecule has 0 saturated carbocycles. The van der Waals surface area contributed by atoms with Crippen LogP contribution in [-0.4, -0.2) is 37.8 Å². The Labute approximate surface area is 177 Å². The molecule has 0 unspecified atom stereocenters. The lowest BCUT2D eigenvalue weighted by molar-refractivity contribution is 0.0981. The average Bonchev–Trinajstić information content (AvgIpc) is 3.03. The van der Waals surface area contributed by atoms with Gasteiger partial charge < -0.3 is 4.90 Å². The molecule has 4 rings (SSSR count). The fourth-order valence-electron chi connectivity index (χ4n) is 4.35. The molecule has 7 heteroatoms. The van der Waals surface area contributed by atoms with Crippen LogP contribution in [0.3, 0.4) is 0 Å². The topological polar surface area (TPSA) is 57.7 Å². The molecule has 0 aromatic heterocycles. The molecule has 29 heavy (non-hydrogen) atoms. The van der Waals surface area contributed by atoms with E-state index in [1.165, 1.54) is 16.4 Å². The molecule has 2 heterocycles. The van der Waals surface area contributed by atoms with Gasteiger partial charge >= 0.3 is 0 Å². The number of para-hydroxylation sites is 1. The third-order valence-electron chi connectivity index (χ3n) is 5.84. The van der Waals surface area contributed by atoms with E-state index in [-0.39, 0.29) is 21.9 Å². The number of fused-ring (bicyclic) bond motifs is 1. The first kappa shape index (κ1) is 20.4. The SMILES string of the molecule is C[C@H]1CCCN(S(=O)(=O)c2cc(C(=O)N3c4ccccc4C[C@@H]3C)ccc2Cl)C1. The third kappa shape index (κ3) is 3.69. The molecule has 154 valence electrons. The van der Waals surface area contributed by atoms with Gasteiger partial charge in [0.1, 0.15) is 4.90 Å². The Bertz CT molecular complexity index is 1050. The van der Waals surface area contributed by atoms with Gasteiger partial charge in [0.15, 0.2) is 0 Å². The molecule has 0 aliphatic carbocycles. The lowest BCUT2D eigenvalue weighted by Gasteiger charge is -2.30. The van der Waals surface area contributed by atoms with Crippen LogP contribution < -0.4 is 4.90 Å². The first-order valence-corrected chi connectivity index (χ1v) is 11.8. The number of carbonyl (C=O) groups excluding carboxylic acids is 1. The summed E-state index contributed by atoms with van der Waals surface area (Å²) < 4.78 is 27.9. The maximum absolute atomic E-state index is 13.3. The number of anilines is 1. The fraction of sp³-hybridized carbons (Fsp3) is 0.409. The van der Waals surface area contributed by atoms with Crippen molar-refractivity contribution in [3.05, 3.63) is 58.6 Å². The minimum atomic E-state index is -3.75. The van der Waals surface area contributed by atoms with Gasteiger partial charge in [0.05, 0.1) is 5.02 Å². The van der Waals surface area contributed by atoms with E-state index in [1.807, 2.05) is 31.2 Å². The monoisotopic (exact) mass is 432 g/mol. The molecular weight excluding hydrogens is 408 g/mol. The Kier molecular flexibility index (Phi) is 5.44. The van der Waals surface area contributed by atoms with Crippen LogP contribution in [0.4, 0.5) is 5.69 Å². The maximum atomic E-state index is 13.3. The molecule has 0 radical (unpaired) electrons. The van der Waals surface area contributed by atoms with Gasteiger partial charge in [0.2, 0.25) is 10.0 Å². The van der Waals surface area contributed by atoms with E-state index in [4.69, 9.17) is 11.6 Å². The Balaban J connectivity index is 1.70. The van der Waals surface area contributed by atoms with E-state index in [1.54, 1.807) is 11.0 Å². The van der Waals surface area contributed by atoms with Gasteiger partial charge in [-0.05, 0) is 61.9 Å². The Morgan fingerprint density at radius 1 is 1.14 bits per heavy atom. The predicted octanol–water partition coefficient (Wildman–Crippen LogP) is 4.35. The number of nitrogens with zero attached hydrogens (tertiary/aromatic N) is 2. The molecular formula is C22H25ClN2O3S. The molecule has 2 aliphatic rings. The summed E-state index contributed by atoms with van der Waals surface area (Å²) in [5.41, 5.74) is 2.34. The highest BCUT2D eigenvalue weighted by Gasteiger charge is 2.34. The minimum absolute atomic E-state index is 0.0126. The number of piperidine rings is 1. The molecule has 0 N–H and O–H groups in total. The van der Waals surface area contributed by atoms with Crippen LogP contribution in [0.2, 0.25) is 5.02 Å². The summed E-state index contributed by atoms with van der Waals surface area (Å²) in [6.45, 7) is 5.01. The summed E-state index contributed by atoms with van der Waals surface area (Å²) in [6.07, 6.45) is 2.63. The first-order chi connectivity index (χ1) is 13.8. The number of benzene rings is 2. The third-order valence-corrected chi connectivity index (χ3v) is 8.19. The van der Waals surface area contributed by atoms with E-state index in [0.717, 1.165) is 30.5 Å². The number of rotatable bonds is 3. The fourth-order valence-corrected chi connectivity index (χ4v) is 6.45. The zero-order chi connectivity index (χ0) is 20.8. The number of halogens is 1. The van der Waals surface area contributed by atoms with Crippen LogP contribution in [0.25, 0.3) is 0 Å². The number of carbonyl (C=O) groups is 1. The lowest BCUT2D eigenvalue weighted by atomic mass is 10.0. The van der Waals surface area contributed by atoms with Gasteiger partial charge in [-0.2, -0.15) is 4.31 Å². The van der Waals surface area contributed by atoms with Crippen molar-refractivity contribution in [1.29, 1.82) is 0 Å². The normalized spacial score (nSPS) is 22.5. The Hall–Kier alpha value is -1.89. The number of hydrogen-bond acceptors (Lipinski definition) is 3. The standard InChI is InChI=1S/C22H25ClN2O3S/c1-15-6-5-11-24(14-15)29(27,28)21-13-18(9-10-19(21)23)22(26)25-16(2)12-17-7-3-4-8-20(17)25/h3-4,7-10,13,15-16H,5-6,11-12,14H2,1-2H3/t15-,16-/m0/s1. The molecule has 0 bridgehead atoms. The van der Waals surface area contributed by atoms with Crippen molar-refractivity contribution in [1.82, 2.24) is 4.31 Å². The Morgan fingerprint density at radius 3 is 2.66 bits per heavy atom. The quantitative estimate of drug-likeness (QED) is 0.724. The highest BCUT2D eigenvalue weighted by Crippen LogP contribution is 2.34. The molecule has 2 aromatic rings. The van der Waals surface area contributed by atoms with Gasteiger partial charge in [0, 0.05) is 30.4 Å². The number of amides is 1. The zero-order valence-electron chi connectivity index (χ0n) is 16.6. The van der Waals surface area contributed by atoms with Gasteiger partial charge in [-0.3, -0.25) is 4.79 Å². The lowest BCUT2D eigenvalue weighted by Crippen LogP contribution is -2.39. The molecule has 0 spiro atoms. The molecule has 1 amide bonds. The van der Waals surface area contributed by atoms with E-state index in [2.05, 4.69) is 6.92 Å². The molecule has 2 atom stereocenters. The van der Waals surface area contributed by atoms with E-state index in [9.17, 15) is 13.2 Å². The highest BCUT2D eigenvalue weighted by molar-refractivity contribution is 7.89. The summed E-state index contributed by atoms with van der Waals surface area (Å²) in [5.74, 6) is 0.103. The summed E-state index contributed by atoms with van der Waals surface area (Å²) in [7, 11) is -3.75. The van der Waals surface area contributed by atoms with Crippen LogP contribution in [-0.2, 0) is 16.4 Å². The van der Waals surface area contributed by atoms with Crippen LogP contribution in [0, 0.1) is 5.92 Å². The number of sulfonamides is 1. The van der Waals surface area contributed by atoms with E-state index >= 15 is 0 Å². The van der Waals surface area contributed by atoms with E-state index < -0.39 is 10.0 Å². The molecule has 1 saturated heterocycles. The summed E-state index contributed by atoms with van der Waals surface area (Å²) in [4.78, 5) is 15.1. The number of hydrogen-bond donors (Lipinski definition) is 0. The van der Waals surface area contributed by atoms with Crippen molar-refractivity contribution < 1.29 is 13.2 Å². The smallest absolute Gasteiger partial charge is 0.258 e. The highest BCUT2D eigenvalue weighted by atomic mass is 35.5. The van der Waals surface area contributed by atoms with Gasteiger partial charge in [-0.1, -0.05) is 36.7 Å². The van der Waals surface area contributed by atoms with Crippen LogP contribution in [0.1, 0.15) is 42.6 Å². The summed E-state index contributed by atoms with van der Waals surface area (Å²) in [5, 5.41) is 0.148. The van der Waals surface area contributed by atoms with Crippen molar-refractivity contribution in [2.75, 3.05) is 18.0 Å². The summed E-state index contributed by atoms with van der Waals surface area (Å²) in [6, 6.07) is 12.4. The second kappa shape index (κ2) is 7.74. The van der Waals surface area contributed by atoms with Crippen molar-refractivity contribution >= 4 is 33.2 Å². The molecule has 1 fully saturated rings. The first-order valence-electron chi connectivity index (χ1n) is 10.00. The minimum Gasteiger partial charge on any atom is -0.305 e. The second-order valence-corrected chi connectivity index (χ2v) is 10.4. The van der Waals surface area contributed by atoms with Crippen LogP contribution in [0.15, 0.2) is 47.4 Å². The largest absolute Gasteiger partial charge is 0.305 e. The van der Waals surface area contributed by atoms with E-state index in [0.29, 0.717) is 24.6 Å². The van der Waals surface area contributed by atoms with Crippen LogP contribution >= 0.6 is 11.6 Å². The average molecular weight is 433 g/mol. The van der Waals surface area contributed by atoms with Crippen molar-refractivity contribution in [2.24, 2.45) is 5.92 Å². The van der Waals surface area contributed by atoms with Crippen molar-refractivity contribution in [2.45, 2.75) is 44.0 Å². The predicted molar refractivity (Wildman–Crippen MR) is 115 cm³/mol. The maximum Gasteiger partial charge on any atom is 0.258 e. The van der Waals surface area contributed by atoms with Gasteiger partial charge in [-0.15, -0.1) is 0 Å². The Morgan fingerprint density at radius 2 is 1.90 bits per heavy atom. The van der Waals surface area contributed by atoms with Gasteiger partial charge in [-0.25, -0.2) is 8.42 Å². The molecule has 2 aromatic carbocycles. The summed E-state index contributed by atoms with van der Waals surface area (Å²) >= 11 is 6.28. The van der Waals surface area contributed by atoms with Crippen molar-refractivity contribution in [3.63, 3.8) is 0 Å².